The van der Waals surface area contributed by atoms with Crippen LogP contribution in [0.2, 0.25) is 0 Å². The third kappa shape index (κ3) is 11.6. The Morgan fingerprint density at radius 3 is 1.44 bits per heavy atom. The van der Waals surface area contributed by atoms with Crippen LogP contribution >= 0.6 is 0 Å². The summed E-state index contributed by atoms with van der Waals surface area (Å²) in [6, 6.07) is 7.42. The summed E-state index contributed by atoms with van der Waals surface area (Å²) >= 11 is 0. The van der Waals surface area contributed by atoms with Gasteiger partial charge in [0.05, 0.1) is 0 Å². The second-order valence-electron chi connectivity index (χ2n) is 13.6. The molecule has 0 aromatic carbocycles. The molecule has 0 radical (unpaired) electrons. The van der Waals surface area contributed by atoms with Crippen molar-refractivity contribution >= 4 is 0 Å². The van der Waals surface area contributed by atoms with E-state index in [2.05, 4.69) is 27.7 Å². The molecule has 4 aromatic heterocycles. The Bertz CT molecular complexity index is 1940. The first-order valence-electron chi connectivity index (χ1n) is 16.4. The van der Waals surface area contributed by atoms with Crippen LogP contribution in [0.5, 0.6) is 0 Å². The third-order valence-corrected chi connectivity index (χ3v) is 7.89. The molecule has 10 nitrogen and oxygen atoms in total. The van der Waals surface area contributed by atoms with E-state index in [9.17, 15) is 24.0 Å². The van der Waals surface area contributed by atoms with Gasteiger partial charge < -0.3 is 18.3 Å². The fourth-order valence-corrected chi connectivity index (χ4v) is 4.74. The molecular weight excluding hydrogens is 606 g/mol. The lowest BCUT2D eigenvalue weighted by Gasteiger charge is -2.08. The molecule has 0 aliphatic rings. The number of rotatable bonds is 4. The lowest BCUT2D eigenvalue weighted by molar-refractivity contribution is 0.653. The van der Waals surface area contributed by atoms with E-state index in [1.165, 1.54) is 22.7 Å². The van der Waals surface area contributed by atoms with Crippen molar-refractivity contribution in [3.8, 4) is 0 Å². The lowest BCUT2D eigenvalue weighted by Crippen LogP contribution is -2.38. The summed E-state index contributed by atoms with van der Waals surface area (Å²) in [5.74, 6) is 1.42. The summed E-state index contributed by atoms with van der Waals surface area (Å²) in [5, 5.41) is 0. The van der Waals surface area contributed by atoms with Crippen LogP contribution in [0.25, 0.3) is 0 Å². The highest BCUT2D eigenvalue weighted by atomic mass is 16.2. The fourth-order valence-electron chi connectivity index (χ4n) is 4.74. The molecule has 0 spiro atoms. The maximum absolute atomic E-state index is 11.5. The molecular formula is C38H57N5O5. The lowest BCUT2D eigenvalue weighted by atomic mass is 10.0. The van der Waals surface area contributed by atoms with E-state index in [0.717, 1.165) is 21.3 Å². The molecule has 264 valence electrons. The zero-order chi connectivity index (χ0) is 37.2. The van der Waals surface area contributed by atoms with E-state index >= 15 is 0 Å². The number of pyridine rings is 3. The molecule has 0 fully saturated rings. The van der Waals surface area contributed by atoms with Crippen molar-refractivity contribution in [1.82, 2.24) is 22.8 Å². The first kappa shape index (κ1) is 41.6. The summed E-state index contributed by atoms with van der Waals surface area (Å²) in [7, 11) is 8.50. The first-order chi connectivity index (χ1) is 22.1. The van der Waals surface area contributed by atoms with E-state index < -0.39 is 0 Å². The summed E-state index contributed by atoms with van der Waals surface area (Å²) in [6.07, 6.45) is 7.25. The summed E-state index contributed by atoms with van der Waals surface area (Å²) < 4.78 is 7.46. The average Bonchev–Trinajstić information content (AvgIpc) is 3.00. The van der Waals surface area contributed by atoms with Crippen molar-refractivity contribution in [2.45, 2.75) is 92.9 Å². The zero-order valence-electron chi connectivity index (χ0n) is 31.7. The third-order valence-electron chi connectivity index (χ3n) is 7.89. The smallest absolute Gasteiger partial charge is 0.318 e. The molecule has 10 heteroatoms. The monoisotopic (exact) mass is 663 g/mol. The number of aryl methyl sites for hydroxylation is 6. The van der Waals surface area contributed by atoms with Gasteiger partial charge in [-0.2, -0.15) is 0 Å². The number of hydrogen-bond donors (Lipinski definition) is 0. The minimum Gasteiger partial charge on any atom is -0.318 e. The van der Waals surface area contributed by atoms with E-state index in [-0.39, 0.29) is 33.8 Å². The molecule has 4 heterocycles. The molecule has 0 saturated carbocycles. The zero-order valence-corrected chi connectivity index (χ0v) is 31.7. The fraction of sp³-hybridized carbons (Fsp3) is 0.500. The predicted molar refractivity (Wildman–Crippen MR) is 198 cm³/mol. The Labute approximate surface area is 285 Å². The Morgan fingerprint density at radius 1 is 0.479 bits per heavy atom. The Balaban J connectivity index is 0.000000320. The van der Waals surface area contributed by atoms with Crippen molar-refractivity contribution in [3.05, 3.63) is 134 Å². The van der Waals surface area contributed by atoms with Gasteiger partial charge in [-0.25, -0.2) is 4.79 Å². The Morgan fingerprint density at radius 2 is 0.979 bits per heavy atom. The van der Waals surface area contributed by atoms with Gasteiger partial charge in [0.1, 0.15) is 0 Å². The summed E-state index contributed by atoms with van der Waals surface area (Å²) in [5.41, 5.74) is 5.74. The van der Waals surface area contributed by atoms with Crippen molar-refractivity contribution in [2.24, 2.45) is 35.2 Å². The van der Waals surface area contributed by atoms with Crippen LogP contribution in [-0.2, 0) is 35.2 Å². The van der Waals surface area contributed by atoms with E-state index in [1.807, 2.05) is 78.3 Å². The van der Waals surface area contributed by atoms with Crippen LogP contribution < -0.4 is 27.9 Å². The number of hydrogen-bond acceptors (Lipinski definition) is 5. The molecule has 4 rings (SSSR count). The maximum atomic E-state index is 11.5. The van der Waals surface area contributed by atoms with Gasteiger partial charge in [-0.05, 0) is 66.3 Å². The molecule has 48 heavy (non-hydrogen) atoms. The van der Waals surface area contributed by atoms with Crippen LogP contribution in [0.3, 0.4) is 0 Å². The van der Waals surface area contributed by atoms with Crippen LogP contribution in [-0.4, -0.2) is 22.8 Å². The first-order valence-corrected chi connectivity index (χ1v) is 16.4. The largest absolute Gasteiger partial charge is 0.330 e. The topological polar surface area (TPSA) is 110 Å². The molecule has 0 saturated heterocycles. The molecule has 4 aromatic rings. The van der Waals surface area contributed by atoms with E-state index in [0.29, 0.717) is 23.3 Å². The van der Waals surface area contributed by atoms with Crippen LogP contribution in [0.15, 0.2) is 73.0 Å². The Kier molecular flexibility index (Phi) is 15.7. The van der Waals surface area contributed by atoms with Gasteiger partial charge in [-0.1, -0.05) is 61.5 Å². The van der Waals surface area contributed by atoms with Crippen molar-refractivity contribution in [3.63, 3.8) is 0 Å². The second-order valence-corrected chi connectivity index (χ2v) is 13.6. The van der Waals surface area contributed by atoms with E-state index in [1.54, 1.807) is 54.2 Å². The van der Waals surface area contributed by atoms with Crippen LogP contribution in [0, 0.1) is 13.8 Å². The number of aromatic nitrogens is 5. The Hall–Kier alpha value is -4.47. The maximum Gasteiger partial charge on any atom is 0.330 e. The molecule has 0 unspecified atom stereocenters. The summed E-state index contributed by atoms with van der Waals surface area (Å²) in [4.78, 5) is 56.6. The molecule has 0 atom stereocenters. The molecule has 0 bridgehead atoms. The van der Waals surface area contributed by atoms with Gasteiger partial charge in [0, 0.05) is 82.8 Å². The normalized spacial score (nSPS) is 10.7. The van der Waals surface area contributed by atoms with Gasteiger partial charge in [-0.15, -0.1) is 0 Å². The molecule has 0 aliphatic carbocycles. The standard InChI is InChI=1S/2C10H15NO.C9H14N2O2.C9H13NO/c1-7(2)9-5-8(3)10(12)11(4)6-9;1-7(2)9-5-8(3)6-11(4)10(9)12;1-6(2)7-5-10(3)9(13)11(4)8(7)12;1-7(2)8-4-5-9(11)10(3)6-8/h2*5-7H,1-4H3;5-6H,1-4H3;4-7H,1-3H3. The van der Waals surface area contributed by atoms with Gasteiger partial charge in [0.25, 0.3) is 16.7 Å². The summed E-state index contributed by atoms with van der Waals surface area (Å²) in [6.45, 7) is 20.3. The molecule has 0 aliphatic heterocycles. The second kappa shape index (κ2) is 18.2. The van der Waals surface area contributed by atoms with Crippen molar-refractivity contribution in [2.75, 3.05) is 0 Å². The van der Waals surface area contributed by atoms with Crippen molar-refractivity contribution in [1.29, 1.82) is 0 Å². The minimum atomic E-state index is -0.283. The van der Waals surface area contributed by atoms with Crippen LogP contribution in [0.1, 0.15) is 112 Å². The molecule has 0 N–H and O–H groups in total. The van der Waals surface area contributed by atoms with Crippen LogP contribution in [0.4, 0.5) is 0 Å². The van der Waals surface area contributed by atoms with Gasteiger partial charge in [0.2, 0.25) is 5.56 Å². The highest BCUT2D eigenvalue weighted by molar-refractivity contribution is 5.21. The molecule has 0 amide bonds. The van der Waals surface area contributed by atoms with Gasteiger partial charge in [0.15, 0.2) is 0 Å². The predicted octanol–water partition coefficient (Wildman–Crippen LogP) is 5.35. The minimum absolute atomic E-state index is 0.0504. The van der Waals surface area contributed by atoms with Gasteiger partial charge in [-0.3, -0.25) is 23.7 Å². The average molecular weight is 664 g/mol. The number of nitrogens with zero attached hydrogens (tertiary/aromatic N) is 5. The SMILES string of the molecule is CC(C)c1ccc(=O)n(C)c1.CC(C)c1cn(C)c(=O)n(C)c1=O.Cc1cc(C(C)C)c(=O)n(C)c1.Cc1cc(C(C)C)cn(C)c1=O. The van der Waals surface area contributed by atoms with Crippen molar-refractivity contribution < 1.29 is 0 Å². The van der Waals surface area contributed by atoms with E-state index in [4.69, 9.17) is 0 Å². The highest BCUT2D eigenvalue weighted by Gasteiger charge is 2.09. The van der Waals surface area contributed by atoms with Gasteiger partial charge >= 0.3 is 5.69 Å². The quantitative estimate of drug-likeness (QED) is 0.293. The highest BCUT2D eigenvalue weighted by Crippen LogP contribution is 2.13.